The van der Waals surface area contributed by atoms with Crippen LogP contribution >= 0.6 is 0 Å². The van der Waals surface area contributed by atoms with Crippen molar-refractivity contribution < 1.29 is 23.5 Å². The summed E-state index contributed by atoms with van der Waals surface area (Å²) >= 11 is 0. The molecular formula is C23H17F3N2O3. The number of halogens is 3. The van der Waals surface area contributed by atoms with E-state index in [9.17, 15) is 28.3 Å². The van der Waals surface area contributed by atoms with Crippen molar-refractivity contribution >= 4 is 11.0 Å². The van der Waals surface area contributed by atoms with Gasteiger partial charge in [0.1, 0.15) is 5.75 Å². The van der Waals surface area contributed by atoms with Gasteiger partial charge in [-0.1, -0.05) is 42.5 Å². The van der Waals surface area contributed by atoms with Crippen molar-refractivity contribution in [3.63, 3.8) is 0 Å². The minimum atomic E-state index is -4.40. The van der Waals surface area contributed by atoms with E-state index in [1.807, 2.05) is 0 Å². The molecule has 8 heteroatoms. The van der Waals surface area contributed by atoms with Gasteiger partial charge in [0.05, 0.1) is 16.5 Å². The number of aromatic hydroxyl groups is 1. The Morgan fingerprint density at radius 3 is 2.26 bits per heavy atom. The Balaban J connectivity index is 1.75. The number of benzene rings is 2. The van der Waals surface area contributed by atoms with Crippen molar-refractivity contribution in [2.75, 3.05) is 0 Å². The van der Waals surface area contributed by atoms with Gasteiger partial charge in [0.15, 0.2) is 5.65 Å². The summed E-state index contributed by atoms with van der Waals surface area (Å²) in [5.41, 5.74) is 0.0443. The molecule has 2 aromatic carbocycles. The van der Waals surface area contributed by atoms with Crippen LogP contribution in [0.5, 0.6) is 5.75 Å². The van der Waals surface area contributed by atoms with Crippen molar-refractivity contribution in [2.45, 2.75) is 19.0 Å². The van der Waals surface area contributed by atoms with Gasteiger partial charge in [0.2, 0.25) is 0 Å². The molecule has 2 heterocycles. The number of pyridine rings is 2. The van der Waals surface area contributed by atoms with Crippen LogP contribution in [0.1, 0.15) is 16.7 Å². The first-order chi connectivity index (χ1) is 14.8. The van der Waals surface area contributed by atoms with Crippen LogP contribution < -0.4 is 5.56 Å². The summed E-state index contributed by atoms with van der Waals surface area (Å²) in [5, 5.41) is 21.5. The maximum Gasteiger partial charge on any atom is 0.416 e. The van der Waals surface area contributed by atoms with Crippen LogP contribution in [0.2, 0.25) is 0 Å². The Bertz CT molecular complexity index is 1300. The van der Waals surface area contributed by atoms with Gasteiger partial charge in [-0.3, -0.25) is 4.79 Å². The van der Waals surface area contributed by atoms with Gasteiger partial charge >= 0.3 is 6.18 Å². The first-order valence-electron chi connectivity index (χ1n) is 9.43. The van der Waals surface area contributed by atoms with Crippen LogP contribution in [0, 0.1) is 0 Å². The van der Waals surface area contributed by atoms with Gasteiger partial charge in [0.25, 0.3) is 5.56 Å². The molecule has 0 radical (unpaired) electrons. The zero-order chi connectivity index (χ0) is 22.2. The van der Waals surface area contributed by atoms with Gasteiger partial charge in [-0.15, -0.1) is 4.73 Å². The quantitative estimate of drug-likeness (QED) is 0.459. The van der Waals surface area contributed by atoms with Crippen molar-refractivity contribution in [3.8, 4) is 16.9 Å². The summed E-state index contributed by atoms with van der Waals surface area (Å²) in [6, 6.07) is 15.0. The van der Waals surface area contributed by atoms with Crippen LogP contribution in [-0.4, -0.2) is 20.0 Å². The molecule has 4 rings (SSSR count). The minimum absolute atomic E-state index is 0.0561. The average Bonchev–Trinajstić information content (AvgIpc) is 2.76. The molecule has 4 aromatic rings. The molecule has 0 aliphatic carbocycles. The summed E-state index contributed by atoms with van der Waals surface area (Å²) in [4.78, 5) is 16.6. The zero-order valence-electron chi connectivity index (χ0n) is 16.1. The van der Waals surface area contributed by atoms with Crippen LogP contribution in [0.4, 0.5) is 13.2 Å². The average molecular weight is 426 g/mol. The topological polar surface area (TPSA) is 75.3 Å². The highest BCUT2D eigenvalue weighted by Gasteiger charge is 2.30. The Kier molecular flexibility index (Phi) is 5.14. The largest absolute Gasteiger partial charge is 0.506 e. The normalized spacial score (nSPS) is 11.7. The number of alkyl halides is 3. The number of nitrogens with zero attached hydrogens (tertiary/aromatic N) is 2. The first-order valence-corrected chi connectivity index (χ1v) is 9.43. The standard InChI is InChI=1S/C23H17F3N2O3/c24-23(25,26)17-10-7-14(8-11-17)6-9-16-12-13-27-21-18(16)20(29)19(22(30)28(21)31)15-4-2-1-3-5-15/h1-5,7-8,10-13,29,31H,6,9H2. The molecule has 2 N–H and O–H groups in total. The zero-order valence-corrected chi connectivity index (χ0v) is 16.1. The highest BCUT2D eigenvalue weighted by Crippen LogP contribution is 2.34. The molecule has 0 saturated carbocycles. The number of hydrogen-bond acceptors (Lipinski definition) is 4. The molecule has 2 aromatic heterocycles. The monoisotopic (exact) mass is 426 g/mol. The van der Waals surface area contributed by atoms with E-state index in [1.165, 1.54) is 18.3 Å². The smallest absolute Gasteiger partial charge is 0.416 e. The molecule has 0 fully saturated rings. The van der Waals surface area contributed by atoms with E-state index >= 15 is 0 Å². The number of hydrogen-bond donors (Lipinski definition) is 2. The van der Waals surface area contributed by atoms with E-state index in [1.54, 1.807) is 36.4 Å². The number of rotatable bonds is 4. The Labute approximate surface area is 174 Å². The van der Waals surface area contributed by atoms with Gasteiger partial charge in [-0.25, -0.2) is 4.98 Å². The molecular weight excluding hydrogens is 409 g/mol. The molecule has 0 unspecified atom stereocenters. The lowest BCUT2D eigenvalue weighted by molar-refractivity contribution is -0.137. The predicted octanol–water partition coefficient (Wildman–Crippen LogP) is 4.81. The molecule has 0 bridgehead atoms. The van der Waals surface area contributed by atoms with Crippen molar-refractivity contribution in [1.82, 2.24) is 9.71 Å². The van der Waals surface area contributed by atoms with E-state index in [2.05, 4.69) is 4.98 Å². The molecule has 0 amide bonds. The van der Waals surface area contributed by atoms with Crippen LogP contribution in [0.3, 0.4) is 0 Å². The summed E-state index contributed by atoms with van der Waals surface area (Å²) in [6.07, 6.45) is -2.26. The number of aryl methyl sites for hydroxylation is 2. The van der Waals surface area contributed by atoms with Crippen molar-refractivity contribution in [3.05, 3.63) is 93.9 Å². The lowest BCUT2D eigenvalue weighted by Gasteiger charge is -2.13. The highest BCUT2D eigenvalue weighted by molar-refractivity contribution is 5.92. The van der Waals surface area contributed by atoms with E-state index in [0.29, 0.717) is 34.3 Å². The Morgan fingerprint density at radius 2 is 1.61 bits per heavy atom. The number of fused-ring (bicyclic) bond motifs is 1. The van der Waals surface area contributed by atoms with E-state index in [0.717, 1.165) is 12.1 Å². The number of aromatic nitrogens is 2. The van der Waals surface area contributed by atoms with Crippen LogP contribution in [-0.2, 0) is 19.0 Å². The van der Waals surface area contributed by atoms with Gasteiger partial charge < -0.3 is 10.3 Å². The van der Waals surface area contributed by atoms with Crippen LogP contribution in [0.15, 0.2) is 71.7 Å². The summed E-state index contributed by atoms with van der Waals surface area (Å²) in [5.74, 6) is -0.299. The van der Waals surface area contributed by atoms with E-state index in [4.69, 9.17) is 0 Å². The maximum atomic E-state index is 12.8. The van der Waals surface area contributed by atoms with Gasteiger partial charge in [-0.2, -0.15) is 13.2 Å². The fourth-order valence-corrected chi connectivity index (χ4v) is 3.55. The summed E-state index contributed by atoms with van der Waals surface area (Å²) < 4.78 is 38.7. The second-order valence-electron chi connectivity index (χ2n) is 7.07. The lowest BCUT2D eigenvalue weighted by atomic mass is 9.98. The summed E-state index contributed by atoms with van der Waals surface area (Å²) in [7, 11) is 0. The highest BCUT2D eigenvalue weighted by atomic mass is 19.4. The minimum Gasteiger partial charge on any atom is -0.506 e. The third kappa shape index (κ3) is 3.84. The van der Waals surface area contributed by atoms with Gasteiger partial charge in [0, 0.05) is 6.20 Å². The maximum absolute atomic E-state index is 12.8. The van der Waals surface area contributed by atoms with Crippen molar-refractivity contribution in [2.24, 2.45) is 0 Å². The molecule has 5 nitrogen and oxygen atoms in total. The van der Waals surface area contributed by atoms with E-state index in [-0.39, 0.29) is 22.3 Å². The molecule has 0 atom stereocenters. The second kappa shape index (κ2) is 7.79. The SMILES string of the molecule is O=c1c(-c2ccccc2)c(O)c2c(CCc3ccc(C(F)(F)F)cc3)ccnc2n1O. The molecule has 0 aliphatic heterocycles. The van der Waals surface area contributed by atoms with Crippen LogP contribution in [0.25, 0.3) is 22.2 Å². The second-order valence-corrected chi connectivity index (χ2v) is 7.07. The third-order valence-electron chi connectivity index (χ3n) is 5.12. The lowest BCUT2D eigenvalue weighted by Crippen LogP contribution is -2.21. The molecule has 0 saturated heterocycles. The predicted molar refractivity (Wildman–Crippen MR) is 109 cm³/mol. The Morgan fingerprint density at radius 1 is 0.935 bits per heavy atom. The molecule has 31 heavy (non-hydrogen) atoms. The van der Waals surface area contributed by atoms with E-state index < -0.39 is 17.3 Å². The fourth-order valence-electron chi connectivity index (χ4n) is 3.55. The molecule has 0 spiro atoms. The first kappa shape index (κ1) is 20.5. The van der Waals surface area contributed by atoms with Crippen molar-refractivity contribution in [1.29, 1.82) is 0 Å². The fraction of sp³-hybridized carbons (Fsp3) is 0.130. The Hall–Kier alpha value is -3.81. The third-order valence-corrected chi connectivity index (χ3v) is 5.12. The van der Waals surface area contributed by atoms with Gasteiger partial charge in [-0.05, 0) is 47.7 Å². The molecule has 158 valence electrons. The molecule has 0 aliphatic rings. The summed E-state index contributed by atoms with van der Waals surface area (Å²) in [6.45, 7) is 0.